The molecule has 0 saturated carbocycles. The molecule has 4 rings (SSSR count). The van der Waals surface area contributed by atoms with Gasteiger partial charge in [-0.3, -0.25) is 14.9 Å². The second kappa shape index (κ2) is 8.86. The van der Waals surface area contributed by atoms with Gasteiger partial charge in [-0.1, -0.05) is 6.07 Å². The Morgan fingerprint density at radius 1 is 1.09 bits per heavy atom. The van der Waals surface area contributed by atoms with Crippen LogP contribution in [-0.2, 0) is 14.8 Å². The summed E-state index contributed by atoms with van der Waals surface area (Å²) in [6.07, 6.45) is 1.55. The summed E-state index contributed by atoms with van der Waals surface area (Å²) in [6, 6.07) is 13.2. The number of carbonyl (C=O) groups excluding carboxylic acids is 1. The Morgan fingerprint density at radius 3 is 2.50 bits per heavy atom. The molecule has 32 heavy (non-hydrogen) atoms. The van der Waals surface area contributed by atoms with Crippen LogP contribution in [0.2, 0.25) is 0 Å². The van der Waals surface area contributed by atoms with Gasteiger partial charge >= 0.3 is 0 Å². The van der Waals surface area contributed by atoms with E-state index in [-0.39, 0.29) is 29.4 Å². The summed E-state index contributed by atoms with van der Waals surface area (Å²) in [5, 5.41) is 17.6. The minimum Gasteiger partial charge on any atom is -0.379 e. The molecule has 0 aliphatic carbocycles. The molecule has 2 aromatic carbocycles. The third-order valence-corrected chi connectivity index (χ3v) is 6.74. The maximum atomic E-state index is 12.8. The number of hydrogen-bond donors (Lipinski definition) is 1. The summed E-state index contributed by atoms with van der Waals surface area (Å²) < 4.78 is 33.6. The molecule has 2 heterocycles. The molecule has 3 aromatic rings. The van der Waals surface area contributed by atoms with Crippen LogP contribution in [-0.4, -0.2) is 59.6 Å². The van der Waals surface area contributed by atoms with E-state index in [1.54, 1.807) is 18.3 Å². The normalized spacial score (nSPS) is 14.8. The molecular formula is C20H19N5O6S. The van der Waals surface area contributed by atoms with Crippen LogP contribution in [0.3, 0.4) is 0 Å². The first-order valence-corrected chi connectivity index (χ1v) is 11.1. The number of anilines is 1. The first-order chi connectivity index (χ1) is 15.3. The van der Waals surface area contributed by atoms with Crippen LogP contribution in [0.25, 0.3) is 5.69 Å². The van der Waals surface area contributed by atoms with E-state index in [1.807, 2.05) is 0 Å². The standard InChI is InChI=1S/C20H19N5O6S/c26-20(19-8-9-24(22-19)16-4-6-17(7-5-16)25(27)28)21-15-2-1-3-18(14-15)32(29,30)23-10-12-31-13-11-23/h1-9,14H,10-13H2,(H,21,26). The lowest BCUT2D eigenvalue weighted by Gasteiger charge is -2.26. The molecule has 11 nitrogen and oxygen atoms in total. The predicted molar refractivity (Wildman–Crippen MR) is 114 cm³/mol. The van der Waals surface area contributed by atoms with E-state index in [4.69, 9.17) is 4.74 Å². The summed E-state index contributed by atoms with van der Waals surface area (Å²) in [5.41, 5.74) is 0.915. The number of non-ortho nitro benzene ring substituents is 1. The Kier molecular flexibility index (Phi) is 5.99. The molecule has 1 amide bonds. The average Bonchev–Trinajstić information content (AvgIpc) is 3.30. The highest BCUT2D eigenvalue weighted by Crippen LogP contribution is 2.21. The number of nitrogens with zero attached hydrogens (tertiary/aromatic N) is 4. The van der Waals surface area contributed by atoms with Crippen molar-refractivity contribution < 1.29 is 22.9 Å². The van der Waals surface area contributed by atoms with Gasteiger partial charge in [0.05, 0.1) is 28.7 Å². The molecule has 0 atom stereocenters. The molecule has 1 N–H and O–H groups in total. The first-order valence-electron chi connectivity index (χ1n) is 9.64. The average molecular weight is 457 g/mol. The van der Waals surface area contributed by atoms with Crippen LogP contribution >= 0.6 is 0 Å². The number of benzene rings is 2. The van der Waals surface area contributed by atoms with Crippen molar-refractivity contribution in [1.29, 1.82) is 0 Å². The van der Waals surface area contributed by atoms with E-state index in [9.17, 15) is 23.3 Å². The molecule has 1 fully saturated rings. The molecule has 12 heteroatoms. The lowest BCUT2D eigenvalue weighted by atomic mass is 10.3. The Labute approximate surface area is 183 Å². The maximum Gasteiger partial charge on any atom is 0.276 e. The third-order valence-electron chi connectivity index (χ3n) is 4.85. The van der Waals surface area contributed by atoms with E-state index >= 15 is 0 Å². The monoisotopic (exact) mass is 457 g/mol. The molecule has 0 unspecified atom stereocenters. The van der Waals surface area contributed by atoms with Crippen LogP contribution in [0.15, 0.2) is 65.7 Å². The highest BCUT2D eigenvalue weighted by atomic mass is 32.2. The van der Waals surface area contributed by atoms with Crippen molar-refractivity contribution >= 4 is 27.3 Å². The topological polar surface area (TPSA) is 137 Å². The number of nitrogens with one attached hydrogen (secondary N) is 1. The van der Waals surface area contributed by atoms with Crippen molar-refractivity contribution in [3.8, 4) is 5.69 Å². The van der Waals surface area contributed by atoms with Crippen molar-refractivity contribution in [2.45, 2.75) is 4.90 Å². The molecule has 1 aromatic heterocycles. The van der Waals surface area contributed by atoms with E-state index in [0.717, 1.165) is 0 Å². The number of nitro benzene ring substituents is 1. The quantitative estimate of drug-likeness (QED) is 0.442. The first kappa shape index (κ1) is 21.6. The molecule has 1 aliphatic rings. The van der Waals surface area contributed by atoms with Gasteiger partial charge in [0.2, 0.25) is 10.0 Å². The number of hydrogen-bond acceptors (Lipinski definition) is 7. The second-order valence-corrected chi connectivity index (χ2v) is 8.86. The number of morpholine rings is 1. The minimum atomic E-state index is -3.69. The molecule has 0 spiro atoms. The molecule has 166 valence electrons. The molecule has 0 bridgehead atoms. The fourth-order valence-electron chi connectivity index (χ4n) is 3.18. The Balaban J connectivity index is 1.49. The van der Waals surface area contributed by atoms with E-state index in [1.165, 1.54) is 51.5 Å². The number of rotatable bonds is 6. The van der Waals surface area contributed by atoms with Gasteiger partial charge < -0.3 is 10.1 Å². The number of amides is 1. The lowest BCUT2D eigenvalue weighted by Crippen LogP contribution is -2.40. The largest absolute Gasteiger partial charge is 0.379 e. The highest BCUT2D eigenvalue weighted by Gasteiger charge is 2.26. The van der Waals surface area contributed by atoms with Gasteiger partial charge in [-0.05, 0) is 36.4 Å². The van der Waals surface area contributed by atoms with Crippen LogP contribution < -0.4 is 5.32 Å². The van der Waals surface area contributed by atoms with Gasteiger partial charge in [0.1, 0.15) is 0 Å². The van der Waals surface area contributed by atoms with Crippen molar-refractivity contribution in [2.24, 2.45) is 0 Å². The van der Waals surface area contributed by atoms with E-state index < -0.39 is 20.9 Å². The fourth-order valence-corrected chi connectivity index (χ4v) is 4.64. The van der Waals surface area contributed by atoms with Gasteiger partial charge in [-0.2, -0.15) is 9.40 Å². The Bertz CT molecular complexity index is 1250. The molecule has 0 radical (unpaired) electrons. The van der Waals surface area contributed by atoms with Crippen LogP contribution in [0.4, 0.5) is 11.4 Å². The van der Waals surface area contributed by atoms with E-state index in [2.05, 4.69) is 10.4 Å². The van der Waals surface area contributed by atoms with Crippen LogP contribution in [0, 0.1) is 10.1 Å². The zero-order valence-corrected chi connectivity index (χ0v) is 17.6. The minimum absolute atomic E-state index is 0.0502. The van der Waals surface area contributed by atoms with Crippen molar-refractivity contribution in [3.63, 3.8) is 0 Å². The number of ether oxygens (including phenoxy) is 1. The maximum absolute atomic E-state index is 12.8. The van der Waals surface area contributed by atoms with Gasteiger partial charge in [0.15, 0.2) is 5.69 Å². The smallest absolute Gasteiger partial charge is 0.276 e. The van der Waals surface area contributed by atoms with Gasteiger partial charge in [-0.25, -0.2) is 13.1 Å². The molecule has 1 saturated heterocycles. The third kappa shape index (κ3) is 4.51. The van der Waals surface area contributed by atoms with E-state index in [0.29, 0.717) is 24.6 Å². The Hall–Kier alpha value is -3.61. The number of nitro groups is 1. The van der Waals surface area contributed by atoms with Crippen molar-refractivity contribution in [3.05, 3.63) is 76.6 Å². The number of carbonyl (C=O) groups is 1. The second-order valence-electron chi connectivity index (χ2n) is 6.92. The lowest BCUT2D eigenvalue weighted by molar-refractivity contribution is -0.384. The summed E-state index contributed by atoms with van der Waals surface area (Å²) in [6.45, 7) is 1.23. The highest BCUT2D eigenvalue weighted by molar-refractivity contribution is 7.89. The van der Waals surface area contributed by atoms with Crippen LogP contribution in [0.5, 0.6) is 0 Å². The molecular weight excluding hydrogens is 438 g/mol. The predicted octanol–water partition coefficient (Wildman–Crippen LogP) is 2.05. The summed E-state index contributed by atoms with van der Waals surface area (Å²) in [5.74, 6) is -0.522. The van der Waals surface area contributed by atoms with Crippen molar-refractivity contribution in [1.82, 2.24) is 14.1 Å². The SMILES string of the molecule is O=C(Nc1cccc(S(=O)(=O)N2CCOCC2)c1)c1ccn(-c2ccc([N+](=O)[O-])cc2)n1. The Morgan fingerprint density at radius 2 is 1.81 bits per heavy atom. The zero-order valence-electron chi connectivity index (χ0n) is 16.7. The van der Waals surface area contributed by atoms with Gasteiger partial charge in [0, 0.05) is 37.1 Å². The number of aromatic nitrogens is 2. The summed E-state index contributed by atoms with van der Waals surface area (Å²) in [7, 11) is -3.69. The number of sulfonamides is 1. The fraction of sp³-hybridized carbons (Fsp3) is 0.200. The summed E-state index contributed by atoms with van der Waals surface area (Å²) >= 11 is 0. The molecule has 1 aliphatic heterocycles. The summed E-state index contributed by atoms with van der Waals surface area (Å²) in [4.78, 5) is 23.0. The zero-order chi connectivity index (χ0) is 22.7. The van der Waals surface area contributed by atoms with Crippen molar-refractivity contribution in [2.75, 3.05) is 31.6 Å². The van der Waals surface area contributed by atoms with Gasteiger partial charge in [-0.15, -0.1) is 0 Å². The van der Waals surface area contributed by atoms with Gasteiger partial charge in [0.25, 0.3) is 11.6 Å². The van der Waals surface area contributed by atoms with Crippen LogP contribution in [0.1, 0.15) is 10.5 Å².